The fourth-order valence-electron chi connectivity index (χ4n) is 1.93. The van der Waals surface area contributed by atoms with E-state index in [1.807, 2.05) is 0 Å². The molecule has 0 bridgehead atoms. The van der Waals surface area contributed by atoms with Crippen molar-refractivity contribution in [3.05, 3.63) is 28.2 Å². The molecule has 0 spiro atoms. The molecule has 18 heavy (non-hydrogen) atoms. The monoisotopic (exact) mass is 333 g/mol. The maximum absolute atomic E-state index is 6.05. The van der Waals surface area contributed by atoms with Gasteiger partial charge in [-0.15, -0.1) is 11.6 Å². The molecule has 0 heterocycles. The van der Waals surface area contributed by atoms with E-state index in [-0.39, 0.29) is 0 Å². The van der Waals surface area contributed by atoms with E-state index in [9.17, 15) is 0 Å². The first kappa shape index (κ1) is 15.8. The van der Waals surface area contributed by atoms with Gasteiger partial charge in [0.15, 0.2) is 0 Å². The van der Waals surface area contributed by atoms with Crippen LogP contribution in [0.25, 0.3) is 0 Å². The third-order valence-electron chi connectivity index (χ3n) is 3.15. The minimum absolute atomic E-state index is 0.475. The highest BCUT2D eigenvalue weighted by atomic mass is 79.9. The Morgan fingerprint density at radius 3 is 2.72 bits per heavy atom. The molecule has 4 heteroatoms. The summed E-state index contributed by atoms with van der Waals surface area (Å²) >= 11 is 9.54. The highest BCUT2D eigenvalue weighted by Gasteiger charge is 2.16. The van der Waals surface area contributed by atoms with Crippen molar-refractivity contribution in [2.45, 2.75) is 32.2 Å². The van der Waals surface area contributed by atoms with Gasteiger partial charge < -0.3 is 9.64 Å². The normalized spacial score (nSPS) is 12.5. The Bertz CT molecular complexity index is 373. The first-order valence-corrected chi connectivity index (χ1v) is 7.56. The predicted octanol–water partition coefficient (Wildman–Crippen LogP) is 4.44. The molecule has 0 saturated carbocycles. The number of ether oxygens (including phenoxy) is 1. The van der Waals surface area contributed by atoms with Crippen LogP contribution < -0.4 is 4.90 Å². The second-order valence-corrected chi connectivity index (χ2v) is 5.53. The van der Waals surface area contributed by atoms with E-state index in [1.54, 1.807) is 7.11 Å². The van der Waals surface area contributed by atoms with Gasteiger partial charge >= 0.3 is 0 Å². The number of methoxy groups -OCH3 is 1. The summed E-state index contributed by atoms with van der Waals surface area (Å²) in [6.07, 6.45) is 1.10. The minimum atomic E-state index is 0.475. The van der Waals surface area contributed by atoms with E-state index in [4.69, 9.17) is 16.3 Å². The number of nitrogens with zero attached hydrogens (tertiary/aromatic N) is 1. The summed E-state index contributed by atoms with van der Waals surface area (Å²) in [7, 11) is 1.73. The van der Waals surface area contributed by atoms with Gasteiger partial charge in [0, 0.05) is 35.7 Å². The topological polar surface area (TPSA) is 12.5 Å². The van der Waals surface area contributed by atoms with Crippen LogP contribution in [0.2, 0.25) is 0 Å². The standard InChI is InChI=1S/C14H21BrClNO/c1-4-11(2)17(7-8-18-3)14-6-5-13(15)9-12(14)10-16/h5-6,9,11H,4,7-8,10H2,1-3H3. The SMILES string of the molecule is CCC(C)N(CCOC)c1ccc(Br)cc1CCl. The Hall–Kier alpha value is -0.250. The van der Waals surface area contributed by atoms with Gasteiger partial charge in [-0.3, -0.25) is 0 Å². The van der Waals surface area contributed by atoms with Crippen LogP contribution in [0.4, 0.5) is 5.69 Å². The first-order valence-electron chi connectivity index (χ1n) is 6.24. The van der Waals surface area contributed by atoms with Gasteiger partial charge in [0.25, 0.3) is 0 Å². The summed E-state index contributed by atoms with van der Waals surface area (Å²) in [6, 6.07) is 6.75. The average molecular weight is 335 g/mol. The molecule has 0 aromatic heterocycles. The molecule has 1 unspecified atom stereocenters. The Labute approximate surface area is 123 Å². The number of hydrogen-bond donors (Lipinski definition) is 0. The van der Waals surface area contributed by atoms with Crippen LogP contribution in [-0.2, 0) is 10.6 Å². The maximum atomic E-state index is 6.05. The number of anilines is 1. The molecule has 0 amide bonds. The van der Waals surface area contributed by atoms with Crippen LogP contribution in [0.3, 0.4) is 0 Å². The van der Waals surface area contributed by atoms with Gasteiger partial charge in [0.2, 0.25) is 0 Å². The highest BCUT2D eigenvalue weighted by molar-refractivity contribution is 9.10. The van der Waals surface area contributed by atoms with Gasteiger partial charge in [0.05, 0.1) is 6.61 Å². The molecule has 1 aromatic rings. The van der Waals surface area contributed by atoms with Crippen LogP contribution in [0.1, 0.15) is 25.8 Å². The number of benzene rings is 1. The molecule has 0 saturated heterocycles. The predicted molar refractivity (Wildman–Crippen MR) is 82.7 cm³/mol. The van der Waals surface area contributed by atoms with Crippen LogP contribution in [0.5, 0.6) is 0 Å². The van der Waals surface area contributed by atoms with E-state index >= 15 is 0 Å². The molecule has 0 aliphatic carbocycles. The van der Waals surface area contributed by atoms with Crippen molar-refractivity contribution in [1.82, 2.24) is 0 Å². The van der Waals surface area contributed by atoms with E-state index in [2.05, 4.69) is 52.9 Å². The van der Waals surface area contributed by atoms with Gasteiger partial charge in [0.1, 0.15) is 0 Å². The summed E-state index contributed by atoms with van der Waals surface area (Å²) in [5.41, 5.74) is 2.36. The van der Waals surface area contributed by atoms with Crippen molar-refractivity contribution in [1.29, 1.82) is 0 Å². The number of halogens is 2. The molecule has 0 aliphatic heterocycles. The molecule has 0 aliphatic rings. The smallest absolute Gasteiger partial charge is 0.0637 e. The van der Waals surface area contributed by atoms with Crippen LogP contribution in [0.15, 0.2) is 22.7 Å². The zero-order valence-corrected chi connectivity index (χ0v) is 13.6. The van der Waals surface area contributed by atoms with Crippen molar-refractivity contribution in [2.24, 2.45) is 0 Å². The largest absolute Gasteiger partial charge is 0.383 e. The molecular formula is C14H21BrClNO. The van der Waals surface area contributed by atoms with E-state index in [1.165, 1.54) is 5.69 Å². The first-order chi connectivity index (χ1) is 8.63. The zero-order chi connectivity index (χ0) is 13.5. The van der Waals surface area contributed by atoms with E-state index in [0.29, 0.717) is 11.9 Å². The summed E-state index contributed by atoms with van der Waals surface area (Å²) in [4.78, 5) is 2.37. The summed E-state index contributed by atoms with van der Waals surface area (Å²) in [5, 5.41) is 0. The lowest BCUT2D eigenvalue weighted by Crippen LogP contribution is -2.36. The van der Waals surface area contributed by atoms with Crippen molar-refractivity contribution in [2.75, 3.05) is 25.2 Å². The fraction of sp³-hybridized carbons (Fsp3) is 0.571. The summed E-state index contributed by atoms with van der Waals surface area (Å²) in [6.45, 7) is 6.04. The number of rotatable bonds is 7. The lowest BCUT2D eigenvalue weighted by atomic mass is 10.1. The van der Waals surface area contributed by atoms with Gasteiger partial charge in [-0.2, -0.15) is 0 Å². The molecule has 1 aromatic carbocycles. The molecule has 0 N–H and O–H groups in total. The van der Waals surface area contributed by atoms with Crippen molar-refractivity contribution in [3.63, 3.8) is 0 Å². The van der Waals surface area contributed by atoms with Crippen molar-refractivity contribution >= 4 is 33.2 Å². The van der Waals surface area contributed by atoms with Crippen LogP contribution in [-0.4, -0.2) is 26.3 Å². The van der Waals surface area contributed by atoms with Gasteiger partial charge in [-0.1, -0.05) is 22.9 Å². The molecule has 2 nitrogen and oxygen atoms in total. The summed E-state index contributed by atoms with van der Waals surface area (Å²) < 4.78 is 6.27. The van der Waals surface area contributed by atoms with E-state index < -0.39 is 0 Å². The second kappa shape index (κ2) is 8.03. The average Bonchev–Trinajstić information content (AvgIpc) is 2.39. The van der Waals surface area contributed by atoms with Gasteiger partial charge in [-0.25, -0.2) is 0 Å². The maximum Gasteiger partial charge on any atom is 0.0637 e. The minimum Gasteiger partial charge on any atom is -0.383 e. The Balaban J connectivity index is 3.03. The van der Waals surface area contributed by atoms with Gasteiger partial charge in [-0.05, 0) is 37.1 Å². The molecular weight excluding hydrogens is 314 g/mol. The number of alkyl halides is 1. The number of hydrogen-bond acceptors (Lipinski definition) is 2. The van der Waals surface area contributed by atoms with E-state index in [0.717, 1.165) is 29.6 Å². The zero-order valence-electron chi connectivity index (χ0n) is 11.2. The second-order valence-electron chi connectivity index (χ2n) is 4.35. The fourth-order valence-corrected chi connectivity index (χ4v) is 2.55. The van der Waals surface area contributed by atoms with Crippen LogP contribution >= 0.6 is 27.5 Å². The Morgan fingerprint density at radius 2 is 2.17 bits per heavy atom. The Kier molecular flexibility index (Phi) is 7.05. The lowest BCUT2D eigenvalue weighted by Gasteiger charge is -2.32. The Morgan fingerprint density at radius 1 is 1.44 bits per heavy atom. The molecule has 1 atom stereocenters. The molecule has 0 radical (unpaired) electrons. The van der Waals surface area contributed by atoms with Crippen LogP contribution in [0, 0.1) is 0 Å². The molecule has 1 rings (SSSR count). The molecule has 102 valence electrons. The quantitative estimate of drug-likeness (QED) is 0.684. The third kappa shape index (κ3) is 4.15. The van der Waals surface area contributed by atoms with Crippen molar-refractivity contribution in [3.8, 4) is 0 Å². The molecule has 0 fully saturated rings. The third-order valence-corrected chi connectivity index (χ3v) is 3.94. The highest BCUT2D eigenvalue weighted by Crippen LogP contribution is 2.28. The lowest BCUT2D eigenvalue weighted by molar-refractivity contribution is 0.203. The summed E-state index contributed by atoms with van der Waals surface area (Å²) in [5.74, 6) is 0.523. The van der Waals surface area contributed by atoms with Crippen molar-refractivity contribution < 1.29 is 4.74 Å².